The van der Waals surface area contributed by atoms with Crippen LogP contribution in [0.3, 0.4) is 0 Å². The van der Waals surface area contributed by atoms with E-state index in [1.165, 1.54) is 0 Å². The van der Waals surface area contributed by atoms with Gasteiger partial charge in [0, 0.05) is 18.1 Å². The van der Waals surface area contributed by atoms with E-state index in [-0.39, 0.29) is 0 Å². The summed E-state index contributed by atoms with van der Waals surface area (Å²) in [6.45, 7) is 2.96. The van der Waals surface area contributed by atoms with Crippen LogP contribution in [0.5, 0.6) is 0 Å². The molecule has 0 saturated carbocycles. The van der Waals surface area contributed by atoms with Gasteiger partial charge in [-0.1, -0.05) is 12.1 Å². The molecule has 3 rings (SSSR count). The Hall–Kier alpha value is -1.72. The van der Waals surface area contributed by atoms with Gasteiger partial charge in [0.05, 0.1) is 12.1 Å². The molecule has 0 aliphatic carbocycles. The zero-order chi connectivity index (χ0) is 14.7. The first-order valence-corrected chi connectivity index (χ1v) is 8.04. The van der Waals surface area contributed by atoms with Gasteiger partial charge in [-0.05, 0) is 43.0 Å². The van der Waals surface area contributed by atoms with E-state index in [2.05, 4.69) is 9.88 Å². The van der Waals surface area contributed by atoms with Gasteiger partial charge in [-0.3, -0.25) is 4.90 Å². The molecule has 0 amide bonds. The van der Waals surface area contributed by atoms with Crippen molar-refractivity contribution in [2.45, 2.75) is 25.3 Å². The summed E-state index contributed by atoms with van der Waals surface area (Å²) in [7, 11) is 0. The van der Waals surface area contributed by atoms with Gasteiger partial charge in [-0.2, -0.15) is 0 Å². The van der Waals surface area contributed by atoms with Crippen molar-refractivity contribution >= 4 is 17.3 Å². The number of hydrogen-bond acceptors (Lipinski definition) is 4. The Bertz CT molecular complexity index is 612. The summed E-state index contributed by atoms with van der Waals surface area (Å²) < 4.78 is 0. The van der Waals surface area contributed by atoms with Crippen LogP contribution in [0, 0.1) is 0 Å². The van der Waals surface area contributed by atoms with Crippen LogP contribution in [0.25, 0.3) is 0 Å². The summed E-state index contributed by atoms with van der Waals surface area (Å²) in [6, 6.07) is 7.37. The second kappa shape index (κ2) is 6.37. The monoisotopic (exact) mass is 302 g/mol. The molecule has 1 aliphatic rings. The summed E-state index contributed by atoms with van der Waals surface area (Å²) in [5.41, 5.74) is 1.52. The third-order valence-corrected chi connectivity index (χ3v) is 4.72. The molecule has 5 heteroatoms. The molecule has 110 valence electrons. The summed E-state index contributed by atoms with van der Waals surface area (Å²) in [6.07, 6.45) is 4.11. The number of aromatic carboxylic acids is 1. The fourth-order valence-corrected chi connectivity index (χ4v) is 3.58. The number of carboxylic acid groups (broad SMARTS) is 1. The van der Waals surface area contributed by atoms with Gasteiger partial charge in [0.25, 0.3) is 0 Å². The average molecular weight is 302 g/mol. The van der Waals surface area contributed by atoms with E-state index in [1.807, 2.05) is 29.8 Å². The van der Waals surface area contributed by atoms with E-state index < -0.39 is 5.97 Å². The normalized spacial score (nSPS) is 19.5. The average Bonchev–Trinajstić information content (AvgIpc) is 3.00. The third-order valence-electron chi connectivity index (χ3n) is 3.95. The fourth-order valence-electron chi connectivity index (χ4n) is 2.92. The van der Waals surface area contributed by atoms with Crippen molar-refractivity contribution in [1.29, 1.82) is 0 Å². The highest BCUT2D eigenvalue weighted by atomic mass is 32.1. The van der Waals surface area contributed by atoms with E-state index in [4.69, 9.17) is 5.11 Å². The smallest absolute Gasteiger partial charge is 0.335 e. The molecule has 1 aliphatic heterocycles. The van der Waals surface area contributed by atoms with Crippen molar-refractivity contribution in [1.82, 2.24) is 9.88 Å². The number of likely N-dealkylation sites (tertiary alicyclic amines) is 1. The molecular formula is C16H18N2O2S. The molecule has 2 aromatic rings. The molecule has 21 heavy (non-hydrogen) atoms. The lowest BCUT2D eigenvalue weighted by molar-refractivity contribution is 0.0696. The lowest BCUT2D eigenvalue weighted by Gasteiger charge is -2.32. The van der Waals surface area contributed by atoms with Crippen LogP contribution in [0.2, 0.25) is 0 Å². The number of aromatic nitrogens is 1. The summed E-state index contributed by atoms with van der Waals surface area (Å²) >= 11 is 1.69. The van der Waals surface area contributed by atoms with E-state index in [9.17, 15) is 4.79 Å². The highest BCUT2D eigenvalue weighted by Crippen LogP contribution is 2.28. The van der Waals surface area contributed by atoms with Crippen LogP contribution >= 0.6 is 11.3 Å². The molecule has 1 atom stereocenters. The molecule has 1 aromatic carbocycles. The summed E-state index contributed by atoms with van der Waals surface area (Å²) in [5.74, 6) is -0.440. The first kappa shape index (κ1) is 14.2. The molecule has 1 N–H and O–H groups in total. The van der Waals surface area contributed by atoms with Gasteiger partial charge in [0.15, 0.2) is 0 Å². The lowest BCUT2D eigenvalue weighted by atomic mass is 9.90. The maximum atomic E-state index is 11.1. The van der Waals surface area contributed by atoms with Crippen LogP contribution in [0.4, 0.5) is 0 Å². The minimum absolute atomic E-state index is 0.379. The largest absolute Gasteiger partial charge is 0.478 e. The molecule has 1 fully saturated rings. The standard InChI is InChI=1S/C16H18N2O2S/c19-16(20)13-4-1-3-12(9-13)14-5-2-7-18(10-14)11-15-17-6-8-21-15/h1,3-4,6,8-9,14H,2,5,7,10-11H2,(H,19,20). The number of rotatable bonds is 4. The second-order valence-corrected chi connectivity index (χ2v) is 6.41. The number of benzene rings is 1. The number of carboxylic acids is 1. The van der Waals surface area contributed by atoms with Gasteiger partial charge in [-0.15, -0.1) is 11.3 Å². The number of piperidine rings is 1. The van der Waals surface area contributed by atoms with Crippen molar-refractivity contribution in [3.63, 3.8) is 0 Å². The topological polar surface area (TPSA) is 53.4 Å². The molecule has 1 saturated heterocycles. The Kier molecular flexibility index (Phi) is 4.31. The minimum Gasteiger partial charge on any atom is -0.478 e. The summed E-state index contributed by atoms with van der Waals surface area (Å²) in [4.78, 5) is 17.9. The highest BCUT2D eigenvalue weighted by molar-refractivity contribution is 7.09. The number of hydrogen-bond donors (Lipinski definition) is 1. The van der Waals surface area contributed by atoms with E-state index in [0.717, 1.165) is 43.0 Å². The van der Waals surface area contributed by atoms with Crippen molar-refractivity contribution < 1.29 is 9.90 Å². The minimum atomic E-state index is -0.854. The zero-order valence-electron chi connectivity index (χ0n) is 11.7. The van der Waals surface area contributed by atoms with Crippen LogP contribution in [0.15, 0.2) is 35.8 Å². The van der Waals surface area contributed by atoms with Crippen molar-refractivity contribution in [3.05, 3.63) is 52.0 Å². The lowest BCUT2D eigenvalue weighted by Crippen LogP contribution is -2.33. The van der Waals surface area contributed by atoms with Crippen molar-refractivity contribution in [2.24, 2.45) is 0 Å². The van der Waals surface area contributed by atoms with Crippen LogP contribution < -0.4 is 0 Å². The van der Waals surface area contributed by atoms with Gasteiger partial charge < -0.3 is 5.11 Å². The quantitative estimate of drug-likeness (QED) is 0.942. The van der Waals surface area contributed by atoms with Gasteiger partial charge in [0.2, 0.25) is 0 Å². The van der Waals surface area contributed by atoms with E-state index in [1.54, 1.807) is 17.4 Å². The van der Waals surface area contributed by atoms with Crippen LogP contribution in [0.1, 0.15) is 39.7 Å². The number of thiazole rings is 1. The molecular weight excluding hydrogens is 284 g/mol. The van der Waals surface area contributed by atoms with Crippen molar-refractivity contribution in [3.8, 4) is 0 Å². The molecule has 2 heterocycles. The SMILES string of the molecule is O=C(O)c1cccc(C2CCCN(Cc3nccs3)C2)c1. The zero-order valence-corrected chi connectivity index (χ0v) is 12.6. The predicted octanol–water partition coefficient (Wildman–Crippen LogP) is 3.22. The molecule has 1 unspecified atom stereocenters. The Balaban J connectivity index is 1.70. The van der Waals surface area contributed by atoms with Gasteiger partial charge in [-0.25, -0.2) is 9.78 Å². The highest BCUT2D eigenvalue weighted by Gasteiger charge is 2.22. The number of nitrogens with zero attached hydrogens (tertiary/aromatic N) is 2. The molecule has 0 bridgehead atoms. The molecule has 0 radical (unpaired) electrons. The predicted molar refractivity (Wildman–Crippen MR) is 82.8 cm³/mol. The number of carbonyl (C=O) groups is 1. The summed E-state index contributed by atoms with van der Waals surface area (Å²) in [5, 5.41) is 12.3. The fraction of sp³-hybridized carbons (Fsp3) is 0.375. The third kappa shape index (κ3) is 3.49. The first-order valence-electron chi connectivity index (χ1n) is 7.16. The van der Waals surface area contributed by atoms with Gasteiger partial charge in [0.1, 0.15) is 5.01 Å². The Morgan fingerprint density at radius 1 is 1.48 bits per heavy atom. The van der Waals surface area contributed by atoms with E-state index in [0.29, 0.717) is 11.5 Å². The molecule has 4 nitrogen and oxygen atoms in total. The Morgan fingerprint density at radius 2 is 2.38 bits per heavy atom. The van der Waals surface area contributed by atoms with Crippen molar-refractivity contribution in [2.75, 3.05) is 13.1 Å². The Morgan fingerprint density at radius 3 is 3.14 bits per heavy atom. The maximum Gasteiger partial charge on any atom is 0.335 e. The second-order valence-electron chi connectivity index (χ2n) is 5.43. The molecule has 0 spiro atoms. The van der Waals surface area contributed by atoms with Gasteiger partial charge >= 0.3 is 5.97 Å². The van der Waals surface area contributed by atoms with Crippen LogP contribution in [-0.4, -0.2) is 34.0 Å². The Labute approximate surface area is 128 Å². The first-order chi connectivity index (χ1) is 10.2. The van der Waals surface area contributed by atoms with Crippen LogP contribution in [-0.2, 0) is 6.54 Å². The maximum absolute atomic E-state index is 11.1. The molecule has 1 aromatic heterocycles. The van der Waals surface area contributed by atoms with E-state index >= 15 is 0 Å².